The van der Waals surface area contributed by atoms with Crippen LogP contribution in [-0.4, -0.2) is 42.6 Å². The van der Waals surface area contributed by atoms with Crippen molar-refractivity contribution in [1.82, 2.24) is 0 Å². The molecule has 0 bridgehead atoms. The van der Waals surface area contributed by atoms with Crippen LogP contribution in [0.3, 0.4) is 0 Å². The minimum absolute atomic E-state index is 0.0235. The van der Waals surface area contributed by atoms with Gasteiger partial charge in [-0.25, -0.2) is 0 Å². The molecule has 4 rings (SSSR count). The third kappa shape index (κ3) is 10.3. The molecule has 0 spiro atoms. The summed E-state index contributed by atoms with van der Waals surface area (Å²) < 4.78 is 68.4. The topological polar surface area (TPSA) is 105 Å². The van der Waals surface area contributed by atoms with Gasteiger partial charge in [-0.2, -0.15) is 16.8 Å². The average molecular weight is 611 g/mol. The van der Waals surface area contributed by atoms with Crippen molar-refractivity contribution in [3.8, 4) is 22.6 Å². The molecule has 8 nitrogen and oxygen atoms in total. The van der Waals surface area contributed by atoms with E-state index in [9.17, 15) is 16.8 Å². The molecule has 0 aliphatic heterocycles. The van der Waals surface area contributed by atoms with E-state index < -0.39 is 20.2 Å². The van der Waals surface area contributed by atoms with E-state index in [1.165, 1.54) is 0 Å². The zero-order valence-corrected chi connectivity index (χ0v) is 25.2. The van der Waals surface area contributed by atoms with Crippen molar-refractivity contribution >= 4 is 20.2 Å². The molecule has 4 aromatic carbocycles. The van der Waals surface area contributed by atoms with E-state index in [2.05, 4.69) is 0 Å². The fraction of sp³-hybridized carbons (Fsp3) is 0.250. The lowest BCUT2D eigenvalue weighted by molar-refractivity contribution is 0.294. The number of hydrogen-bond donors (Lipinski definition) is 0. The Kier molecular flexibility index (Phi) is 10.8. The van der Waals surface area contributed by atoms with Crippen LogP contribution < -0.4 is 9.47 Å². The quantitative estimate of drug-likeness (QED) is 0.161. The summed E-state index contributed by atoms with van der Waals surface area (Å²) >= 11 is 0. The van der Waals surface area contributed by atoms with Crippen LogP contribution >= 0.6 is 0 Å². The SMILES string of the molecule is CS(=O)(=O)OCCc1cc(-c2ccc(OCc3ccccc3)c(CCOS(C)(=O)=O)c2)ccc1OCc1ccccc1. The van der Waals surface area contributed by atoms with Crippen molar-refractivity contribution in [3.63, 3.8) is 0 Å². The highest BCUT2D eigenvalue weighted by molar-refractivity contribution is 7.86. The van der Waals surface area contributed by atoms with E-state index in [0.29, 0.717) is 37.6 Å². The molecule has 0 heterocycles. The van der Waals surface area contributed by atoms with Crippen molar-refractivity contribution < 1.29 is 34.7 Å². The minimum atomic E-state index is -3.59. The lowest BCUT2D eigenvalue weighted by Crippen LogP contribution is -2.08. The summed E-state index contributed by atoms with van der Waals surface area (Å²) in [7, 11) is -7.18. The second-order valence-corrected chi connectivity index (χ2v) is 13.0. The van der Waals surface area contributed by atoms with Crippen LogP contribution in [-0.2, 0) is 54.7 Å². The monoisotopic (exact) mass is 610 g/mol. The third-order valence-corrected chi connectivity index (χ3v) is 7.46. The number of hydrogen-bond acceptors (Lipinski definition) is 8. The predicted molar refractivity (Wildman–Crippen MR) is 162 cm³/mol. The lowest BCUT2D eigenvalue weighted by Gasteiger charge is -2.16. The first-order valence-corrected chi connectivity index (χ1v) is 17.0. The fourth-order valence-electron chi connectivity index (χ4n) is 4.27. The second-order valence-electron chi connectivity index (χ2n) is 9.75. The predicted octanol–water partition coefficient (Wildman–Crippen LogP) is 5.55. The second kappa shape index (κ2) is 14.5. The number of benzene rings is 4. The first kappa shape index (κ1) is 31.2. The van der Waals surface area contributed by atoms with Gasteiger partial charge in [0.1, 0.15) is 24.7 Å². The molecule has 0 saturated heterocycles. The average Bonchev–Trinajstić information content (AvgIpc) is 2.95. The van der Waals surface area contributed by atoms with Crippen LogP contribution in [0.15, 0.2) is 97.1 Å². The Labute approximate surface area is 248 Å². The lowest BCUT2D eigenvalue weighted by atomic mass is 9.98. The van der Waals surface area contributed by atoms with Gasteiger partial charge < -0.3 is 9.47 Å². The summed E-state index contributed by atoms with van der Waals surface area (Å²) in [6.07, 6.45) is 2.68. The number of ether oxygens (including phenoxy) is 2. The molecule has 0 N–H and O–H groups in total. The van der Waals surface area contributed by atoms with Crippen LogP contribution in [0.1, 0.15) is 22.3 Å². The van der Waals surface area contributed by atoms with E-state index in [-0.39, 0.29) is 13.2 Å². The Balaban J connectivity index is 1.60. The molecule has 0 fully saturated rings. The van der Waals surface area contributed by atoms with Gasteiger partial charge in [-0.1, -0.05) is 72.8 Å². The zero-order valence-electron chi connectivity index (χ0n) is 23.6. The van der Waals surface area contributed by atoms with Crippen molar-refractivity contribution in [2.24, 2.45) is 0 Å². The molecular weight excluding hydrogens is 576 g/mol. The summed E-state index contributed by atoms with van der Waals surface area (Å²) in [5.41, 5.74) is 5.34. The summed E-state index contributed by atoms with van der Waals surface area (Å²) in [6.45, 7) is 0.671. The van der Waals surface area contributed by atoms with E-state index in [1.54, 1.807) is 0 Å². The van der Waals surface area contributed by atoms with E-state index in [0.717, 1.165) is 45.9 Å². The van der Waals surface area contributed by atoms with E-state index in [4.69, 9.17) is 17.8 Å². The number of rotatable bonds is 15. The smallest absolute Gasteiger partial charge is 0.264 e. The Hall–Kier alpha value is -3.70. The Bertz CT molecular complexity index is 1540. The van der Waals surface area contributed by atoms with Gasteiger partial charge in [-0.05, 0) is 57.6 Å². The van der Waals surface area contributed by atoms with Crippen molar-refractivity contribution in [3.05, 3.63) is 119 Å². The molecule has 0 saturated carbocycles. The van der Waals surface area contributed by atoms with Crippen LogP contribution in [0.25, 0.3) is 11.1 Å². The molecule has 0 amide bonds. The summed E-state index contributed by atoms with van der Waals surface area (Å²) in [5, 5.41) is 0. The van der Waals surface area contributed by atoms with Crippen molar-refractivity contribution in [2.45, 2.75) is 26.1 Å². The Morgan fingerprint density at radius 2 is 0.905 bits per heavy atom. The minimum Gasteiger partial charge on any atom is -0.489 e. The maximum Gasteiger partial charge on any atom is 0.264 e. The molecular formula is C32H34O8S2. The standard InChI is InChI=1S/C32H34O8S2/c1-41(33,34)39-19-17-29-21-27(13-15-31(29)37-23-25-9-5-3-6-10-25)28-14-16-32(38-24-26-11-7-4-8-12-26)30(22-28)18-20-40-42(2,35)36/h3-16,21-22H,17-20,23-24H2,1-2H3. The molecule has 222 valence electrons. The largest absolute Gasteiger partial charge is 0.489 e. The molecule has 10 heteroatoms. The molecule has 42 heavy (non-hydrogen) atoms. The highest BCUT2D eigenvalue weighted by Gasteiger charge is 2.13. The molecule has 0 aliphatic carbocycles. The van der Waals surface area contributed by atoms with Gasteiger partial charge in [0.25, 0.3) is 20.2 Å². The molecule has 0 unspecified atom stereocenters. The third-order valence-electron chi connectivity index (χ3n) is 6.27. The molecule has 0 aromatic heterocycles. The molecule has 4 aromatic rings. The van der Waals surface area contributed by atoms with Gasteiger partial charge in [0, 0.05) is 12.8 Å². The van der Waals surface area contributed by atoms with E-state index >= 15 is 0 Å². The van der Waals surface area contributed by atoms with Crippen LogP contribution in [0.4, 0.5) is 0 Å². The van der Waals surface area contributed by atoms with Crippen molar-refractivity contribution in [2.75, 3.05) is 25.7 Å². The van der Waals surface area contributed by atoms with Crippen molar-refractivity contribution in [1.29, 1.82) is 0 Å². The molecule has 0 radical (unpaired) electrons. The maximum absolute atomic E-state index is 11.6. The van der Waals surface area contributed by atoms with Crippen LogP contribution in [0.5, 0.6) is 11.5 Å². The van der Waals surface area contributed by atoms with Gasteiger partial charge >= 0.3 is 0 Å². The maximum atomic E-state index is 11.6. The highest BCUT2D eigenvalue weighted by Crippen LogP contribution is 2.32. The van der Waals surface area contributed by atoms with E-state index in [1.807, 2.05) is 97.1 Å². The first-order valence-electron chi connectivity index (χ1n) is 13.3. The Morgan fingerprint density at radius 3 is 1.26 bits per heavy atom. The Morgan fingerprint density at radius 1 is 0.524 bits per heavy atom. The van der Waals surface area contributed by atoms with Gasteiger partial charge in [0.05, 0.1) is 25.7 Å². The van der Waals surface area contributed by atoms with Gasteiger partial charge in [-0.3, -0.25) is 8.37 Å². The normalized spacial score (nSPS) is 11.8. The van der Waals surface area contributed by atoms with Gasteiger partial charge in [0.2, 0.25) is 0 Å². The molecule has 0 atom stereocenters. The van der Waals surface area contributed by atoms with Crippen LogP contribution in [0, 0.1) is 0 Å². The van der Waals surface area contributed by atoms with Gasteiger partial charge in [0.15, 0.2) is 0 Å². The highest BCUT2D eigenvalue weighted by atomic mass is 32.2. The summed E-state index contributed by atoms with van der Waals surface area (Å²) in [6, 6.07) is 31.0. The zero-order chi connectivity index (χ0) is 30.0. The molecule has 0 aliphatic rings. The fourth-order valence-corrected chi connectivity index (χ4v) is 5.04. The van der Waals surface area contributed by atoms with Crippen LogP contribution in [0.2, 0.25) is 0 Å². The summed E-state index contributed by atoms with van der Waals surface area (Å²) in [4.78, 5) is 0. The van der Waals surface area contributed by atoms with Gasteiger partial charge in [-0.15, -0.1) is 0 Å². The summed E-state index contributed by atoms with van der Waals surface area (Å²) in [5.74, 6) is 1.26. The first-order chi connectivity index (χ1) is 20.1.